The van der Waals surface area contributed by atoms with Crippen molar-refractivity contribution in [3.63, 3.8) is 0 Å². The normalized spacial score (nSPS) is 10.4. The van der Waals surface area contributed by atoms with Crippen LogP contribution in [0.5, 0.6) is 6.01 Å². The van der Waals surface area contributed by atoms with Gasteiger partial charge in [0.25, 0.3) is 0 Å². The molecular weight excluding hydrogens is 249 g/mol. The Labute approximate surface area is 103 Å². The summed E-state index contributed by atoms with van der Waals surface area (Å²) >= 11 is 11.7. The Bertz CT molecular complexity index is 499. The van der Waals surface area contributed by atoms with E-state index in [2.05, 4.69) is 15.2 Å². The van der Waals surface area contributed by atoms with Crippen LogP contribution in [0.2, 0.25) is 10.0 Å². The quantitative estimate of drug-likeness (QED) is 0.919. The lowest BCUT2D eigenvalue weighted by molar-refractivity contribution is 0.314. The monoisotopic (exact) mass is 257 g/mol. The molecule has 84 valence electrons. The van der Waals surface area contributed by atoms with Crippen molar-refractivity contribution in [3.05, 3.63) is 28.2 Å². The fourth-order valence-electron chi connectivity index (χ4n) is 1.22. The molecule has 2 aromatic rings. The van der Waals surface area contributed by atoms with Crippen molar-refractivity contribution in [1.29, 1.82) is 0 Å². The predicted octanol–water partition coefficient (Wildman–Crippen LogP) is 3.18. The van der Waals surface area contributed by atoms with E-state index >= 15 is 0 Å². The van der Waals surface area contributed by atoms with Crippen molar-refractivity contribution in [2.45, 2.75) is 6.92 Å². The van der Waals surface area contributed by atoms with Crippen LogP contribution in [-0.4, -0.2) is 21.8 Å². The van der Waals surface area contributed by atoms with Crippen LogP contribution >= 0.6 is 23.2 Å². The number of rotatable bonds is 3. The molecule has 0 aliphatic carbocycles. The third-order valence-electron chi connectivity index (χ3n) is 1.94. The van der Waals surface area contributed by atoms with Crippen molar-refractivity contribution in [1.82, 2.24) is 15.2 Å². The van der Waals surface area contributed by atoms with Crippen LogP contribution < -0.4 is 4.74 Å². The average molecular weight is 258 g/mol. The second-order valence-electron chi connectivity index (χ2n) is 3.04. The van der Waals surface area contributed by atoms with Gasteiger partial charge in [-0.3, -0.25) is 4.98 Å². The van der Waals surface area contributed by atoms with E-state index < -0.39 is 0 Å². The van der Waals surface area contributed by atoms with Crippen molar-refractivity contribution in [2.24, 2.45) is 0 Å². The highest BCUT2D eigenvalue weighted by Gasteiger charge is 2.07. The van der Waals surface area contributed by atoms with E-state index in [-0.39, 0.29) is 0 Å². The molecule has 0 saturated carbocycles. The molecule has 1 heterocycles. The minimum absolute atomic E-state index is 0.392. The van der Waals surface area contributed by atoms with Gasteiger partial charge in [0.15, 0.2) is 5.82 Å². The van der Waals surface area contributed by atoms with Crippen molar-refractivity contribution >= 4 is 23.2 Å². The summed E-state index contributed by atoms with van der Waals surface area (Å²) in [7, 11) is 0. The van der Waals surface area contributed by atoms with Crippen LogP contribution in [0.4, 0.5) is 0 Å². The van der Waals surface area contributed by atoms with Gasteiger partial charge < -0.3 is 4.74 Å². The summed E-state index contributed by atoms with van der Waals surface area (Å²) in [5.74, 6) is 0.599. The van der Waals surface area contributed by atoms with Crippen LogP contribution in [0.25, 0.3) is 11.4 Å². The van der Waals surface area contributed by atoms with Gasteiger partial charge >= 0.3 is 6.01 Å². The van der Waals surface area contributed by atoms with E-state index in [0.717, 1.165) is 5.56 Å². The Morgan fingerprint density at radius 2 is 2.06 bits per heavy atom. The number of nitrogens with zero attached hydrogens (tertiary/aromatic N) is 2. The number of nitrogens with one attached hydrogen (secondary N) is 1. The first-order valence-corrected chi connectivity index (χ1v) is 5.47. The standard InChI is InChI=1S/C10H9Cl2N3O/c1-2-16-10-13-9(14-15-10)6-3-4-7(11)8(12)5-6/h3-5H,2H2,1H3,(H,13,14,15). The minimum Gasteiger partial charge on any atom is -0.464 e. The molecule has 1 aromatic heterocycles. The smallest absolute Gasteiger partial charge is 0.314 e. The maximum Gasteiger partial charge on any atom is 0.314 e. The SMILES string of the molecule is CCOc1nnc(-c2ccc(Cl)c(Cl)c2)[nH]1. The largest absolute Gasteiger partial charge is 0.464 e. The summed E-state index contributed by atoms with van der Waals surface area (Å²) in [6, 6.07) is 5.63. The highest BCUT2D eigenvalue weighted by molar-refractivity contribution is 6.42. The molecule has 1 aromatic carbocycles. The van der Waals surface area contributed by atoms with Crippen molar-refractivity contribution < 1.29 is 4.74 Å². The van der Waals surface area contributed by atoms with Crippen LogP contribution in [0.3, 0.4) is 0 Å². The average Bonchev–Trinajstić information content (AvgIpc) is 2.71. The number of ether oxygens (including phenoxy) is 1. The van der Waals surface area contributed by atoms with Gasteiger partial charge in [0, 0.05) is 5.56 Å². The second-order valence-corrected chi connectivity index (χ2v) is 3.86. The van der Waals surface area contributed by atoms with Gasteiger partial charge in [-0.25, -0.2) is 0 Å². The third-order valence-corrected chi connectivity index (χ3v) is 2.68. The van der Waals surface area contributed by atoms with E-state index in [4.69, 9.17) is 27.9 Å². The van der Waals surface area contributed by atoms with Gasteiger partial charge in [0.2, 0.25) is 0 Å². The second kappa shape index (κ2) is 4.72. The third kappa shape index (κ3) is 2.28. The lowest BCUT2D eigenvalue weighted by Crippen LogP contribution is -1.92. The molecule has 0 bridgehead atoms. The van der Waals surface area contributed by atoms with Crippen LogP contribution in [-0.2, 0) is 0 Å². The van der Waals surface area contributed by atoms with Gasteiger partial charge in [0.1, 0.15) is 0 Å². The lowest BCUT2D eigenvalue weighted by Gasteiger charge is -1.99. The van der Waals surface area contributed by atoms with Crippen LogP contribution in [0.1, 0.15) is 6.92 Å². The molecule has 0 unspecified atom stereocenters. The van der Waals surface area contributed by atoms with Crippen molar-refractivity contribution in [2.75, 3.05) is 6.61 Å². The molecule has 2 rings (SSSR count). The highest BCUT2D eigenvalue weighted by Crippen LogP contribution is 2.27. The number of hydrogen-bond donors (Lipinski definition) is 1. The minimum atomic E-state index is 0.392. The summed E-state index contributed by atoms with van der Waals surface area (Å²) in [5, 5.41) is 8.76. The summed E-state index contributed by atoms with van der Waals surface area (Å²) in [5.41, 5.74) is 0.813. The topological polar surface area (TPSA) is 50.8 Å². The lowest BCUT2D eigenvalue weighted by atomic mass is 10.2. The first-order valence-electron chi connectivity index (χ1n) is 4.71. The van der Waals surface area contributed by atoms with Crippen LogP contribution in [0, 0.1) is 0 Å². The van der Waals surface area contributed by atoms with E-state index in [9.17, 15) is 0 Å². The fourth-order valence-corrected chi connectivity index (χ4v) is 1.52. The summed E-state index contributed by atoms with van der Waals surface area (Å²) < 4.78 is 5.17. The molecule has 4 nitrogen and oxygen atoms in total. The van der Waals surface area contributed by atoms with E-state index in [1.165, 1.54) is 0 Å². The van der Waals surface area contributed by atoms with Gasteiger partial charge in [-0.1, -0.05) is 28.3 Å². The van der Waals surface area contributed by atoms with Gasteiger partial charge in [-0.05, 0) is 25.1 Å². The zero-order valence-corrected chi connectivity index (χ0v) is 10.0. The predicted molar refractivity (Wildman–Crippen MR) is 63.0 cm³/mol. The zero-order valence-electron chi connectivity index (χ0n) is 8.50. The van der Waals surface area contributed by atoms with Gasteiger partial charge in [-0.15, -0.1) is 5.10 Å². The molecule has 0 amide bonds. The molecule has 0 aliphatic rings. The Morgan fingerprint density at radius 1 is 1.25 bits per heavy atom. The van der Waals surface area contributed by atoms with Gasteiger partial charge in [0.05, 0.1) is 16.7 Å². The summed E-state index contributed by atoms with van der Waals surface area (Å²) in [4.78, 5) is 2.93. The molecule has 0 radical (unpaired) electrons. The van der Waals surface area contributed by atoms with Crippen molar-refractivity contribution in [3.8, 4) is 17.4 Å². The summed E-state index contributed by atoms with van der Waals surface area (Å²) in [6.45, 7) is 2.41. The molecular formula is C10H9Cl2N3O. The molecule has 16 heavy (non-hydrogen) atoms. The summed E-state index contributed by atoms with van der Waals surface area (Å²) in [6.07, 6.45) is 0. The molecule has 0 atom stereocenters. The number of halogens is 2. The molecule has 0 saturated heterocycles. The first-order chi connectivity index (χ1) is 7.70. The molecule has 0 fully saturated rings. The molecule has 1 N–H and O–H groups in total. The molecule has 6 heteroatoms. The number of aromatic nitrogens is 3. The number of aromatic amines is 1. The maximum atomic E-state index is 5.91. The van der Waals surface area contributed by atoms with Gasteiger partial charge in [-0.2, -0.15) is 0 Å². The fraction of sp³-hybridized carbons (Fsp3) is 0.200. The number of benzene rings is 1. The number of hydrogen-bond acceptors (Lipinski definition) is 3. The Morgan fingerprint density at radius 3 is 2.75 bits per heavy atom. The number of H-pyrrole nitrogens is 1. The first kappa shape index (κ1) is 11.2. The zero-order chi connectivity index (χ0) is 11.5. The Balaban J connectivity index is 2.31. The van der Waals surface area contributed by atoms with E-state index in [0.29, 0.717) is 28.5 Å². The molecule has 0 aliphatic heterocycles. The van der Waals surface area contributed by atoms with Crippen LogP contribution in [0.15, 0.2) is 18.2 Å². The maximum absolute atomic E-state index is 5.91. The Kier molecular flexibility index (Phi) is 3.31. The highest BCUT2D eigenvalue weighted by atomic mass is 35.5. The van der Waals surface area contributed by atoms with E-state index in [1.807, 2.05) is 13.0 Å². The van der Waals surface area contributed by atoms with E-state index in [1.54, 1.807) is 12.1 Å². The Hall–Kier alpha value is -1.26. The molecule has 0 spiro atoms.